The van der Waals surface area contributed by atoms with Crippen LogP contribution >= 0.6 is 0 Å². The third kappa shape index (κ3) is 4.25. The molecule has 156 valence electrons. The molecule has 1 amide bonds. The van der Waals surface area contributed by atoms with Crippen molar-refractivity contribution in [2.24, 2.45) is 0 Å². The number of aliphatic hydroxyl groups is 1. The van der Waals surface area contributed by atoms with E-state index in [1.807, 2.05) is 48.5 Å². The van der Waals surface area contributed by atoms with Crippen molar-refractivity contribution in [3.8, 4) is 22.6 Å². The molecule has 3 N–H and O–H groups in total. The normalized spacial score (nSPS) is 18.8. The fourth-order valence-electron chi connectivity index (χ4n) is 3.78. The number of benzene rings is 3. The minimum absolute atomic E-state index is 0.175. The monoisotopic (exact) mass is 406 g/mol. The highest BCUT2D eigenvalue weighted by atomic mass is 16.5. The fourth-order valence-corrected chi connectivity index (χ4v) is 3.78. The van der Waals surface area contributed by atoms with Crippen molar-refractivity contribution < 1.29 is 19.4 Å². The summed E-state index contributed by atoms with van der Waals surface area (Å²) in [6, 6.07) is 17.3. The SMILES string of the molecule is COc1cc(OC)cc(-c2ccc3cc(C(=O)N[C@H]4CNCC[C@H]4O)ccc3c2)c1. The standard InChI is InChI=1S/C24H26N2O4/c1-29-20-11-19(12-21(13-20)30-2)17-4-3-16-10-18(6-5-15(16)9-17)24(28)26-22-14-25-8-7-23(22)27/h3-6,9-13,22-23,25,27H,7-8,14H2,1-2H3,(H,26,28)/t22-,23+/m0/s1. The van der Waals surface area contributed by atoms with Gasteiger partial charge >= 0.3 is 0 Å². The maximum absolute atomic E-state index is 12.7. The van der Waals surface area contributed by atoms with E-state index in [0.717, 1.165) is 39.9 Å². The Bertz CT molecular complexity index is 1040. The molecule has 0 unspecified atom stereocenters. The lowest BCUT2D eigenvalue weighted by atomic mass is 9.99. The van der Waals surface area contributed by atoms with Crippen LogP contribution in [-0.2, 0) is 0 Å². The molecule has 0 aromatic heterocycles. The van der Waals surface area contributed by atoms with Crippen LogP contribution < -0.4 is 20.1 Å². The zero-order chi connectivity index (χ0) is 21.1. The van der Waals surface area contributed by atoms with E-state index in [4.69, 9.17) is 9.47 Å². The predicted molar refractivity (Wildman–Crippen MR) is 117 cm³/mol. The van der Waals surface area contributed by atoms with E-state index in [9.17, 15) is 9.90 Å². The maximum Gasteiger partial charge on any atom is 0.251 e. The first-order valence-corrected chi connectivity index (χ1v) is 10.0. The molecule has 30 heavy (non-hydrogen) atoms. The molecule has 1 saturated heterocycles. The fraction of sp³-hybridized carbons (Fsp3) is 0.292. The zero-order valence-electron chi connectivity index (χ0n) is 17.1. The third-order valence-electron chi connectivity index (χ3n) is 5.55. The molecular weight excluding hydrogens is 380 g/mol. The summed E-state index contributed by atoms with van der Waals surface area (Å²) in [5.41, 5.74) is 2.61. The summed E-state index contributed by atoms with van der Waals surface area (Å²) in [5.74, 6) is 1.29. The van der Waals surface area contributed by atoms with Crippen LogP contribution in [0.1, 0.15) is 16.8 Å². The van der Waals surface area contributed by atoms with Crippen molar-refractivity contribution in [3.05, 3.63) is 60.2 Å². The van der Waals surface area contributed by atoms with Gasteiger partial charge in [-0.05, 0) is 65.2 Å². The van der Waals surface area contributed by atoms with Gasteiger partial charge in [-0.2, -0.15) is 0 Å². The summed E-state index contributed by atoms with van der Waals surface area (Å²) in [6.45, 7) is 1.35. The van der Waals surface area contributed by atoms with Gasteiger partial charge in [0.1, 0.15) is 11.5 Å². The number of methoxy groups -OCH3 is 2. The Morgan fingerprint density at radius 1 is 0.967 bits per heavy atom. The number of aliphatic hydroxyl groups excluding tert-OH is 1. The van der Waals surface area contributed by atoms with Crippen LogP contribution in [0.25, 0.3) is 21.9 Å². The molecule has 1 heterocycles. The molecule has 0 aliphatic carbocycles. The Morgan fingerprint density at radius 3 is 2.37 bits per heavy atom. The van der Waals surface area contributed by atoms with Crippen LogP contribution in [0.2, 0.25) is 0 Å². The minimum Gasteiger partial charge on any atom is -0.497 e. The predicted octanol–water partition coefficient (Wildman–Crippen LogP) is 2.98. The number of piperidine rings is 1. The van der Waals surface area contributed by atoms with Gasteiger partial charge in [-0.3, -0.25) is 4.79 Å². The van der Waals surface area contributed by atoms with E-state index in [-0.39, 0.29) is 11.9 Å². The minimum atomic E-state index is -0.516. The Labute approximate surface area is 175 Å². The third-order valence-corrected chi connectivity index (χ3v) is 5.55. The molecule has 3 aromatic rings. The maximum atomic E-state index is 12.7. The zero-order valence-corrected chi connectivity index (χ0v) is 17.1. The first-order chi connectivity index (χ1) is 14.6. The van der Waals surface area contributed by atoms with Crippen LogP contribution in [0.3, 0.4) is 0 Å². The second kappa shape index (κ2) is 8.73. The highest BCUT2D eigenvalue weighted by Gasteiger charge is 2.24. The summed E-state index contributed by atoms with van der Waals surface area (Å²) < 4.78 is 10.7. The van der Waals surface area contributed by atoms with E-state index < -0.39 is 6.10 Å². The number of carbonyl (C=O) groups is 1. The Balaban J connectivity index is 1.59. The first-order valence-electron chi connectivity index (χ1n) is 10.0. The summed E-state index contributed by atoms with van der Waals surface area (Å²) >= 11 is 0. The average Bonchev–Trinajstić information content (AvgIpc) is 2.79. The molecule has 1 fully saturated rings. The number of ether oxygens (including phenoxy) is 2. The Morgan fingerprint density at radius 2 is 1.67 bits per heavy atom. The number of nitrogens with one attached hydrogen (secondary N) is 2. The van der Waals surface area contributed by atoms with Gasteiger partial charge in [-0.25, -0.2) is 0 Å². The molecule has 1 aliphatic heterocycles. The highest BCUT2D eigenvalue weighted by molar-refractivity contribution is 5.99. The molecule has 4 rings (SSSR count). The number of hydrogen-bond donors (Lipinski definition) is 3. The van der Waals surface area contributed by atoms with Gasteiger partial charge in [0.05, 0.1) is 26.4 Å². The van der Waals surface area contributed by atoms with E-state index in [1.165, 1.54) is 0 Å². The lowest BCUT2D eigenvalue weighted by Crippen LogP contribution is -2.53. The molecule has 0 bridgehead atoms. The quantitative estimate of drug-likeness (QED) is 0.607. The summed E-state index contributed by atoms with van der Waals surface area (Å²) in [7, 11) is 3.27. The van der Waals surface area contributed by atoms with E-state index in [1.54, 1.807) is 14.2 Å². The van der Waals surface area contributed by atoms with Crippen molar-refractivity contribution >= 4 is 16.7 Å². The van der Waals surface area contributed by atoms with Crippen LogP contribution in [-0.4, -0.2) is 50.5 Å². The molecular formula is C24H26N2O4. The second-order valence-corrected chi connectivity index (χ2v) is 7.52. The molecule has 0 spiro atoms. The van der Waals surface area contributed by atoms with Gasteiger partial charge < -0.3 is 25.2 Å². The van der Waals surface area contributed by atoms with Gasteiger partial charge in [-0.1, -0.05) is 18.2 Å². The van der Waals surface area contributed by atoms with E-state index >= 15 is 0 Å². The topological polar surface area (TPSA) is 79.8 Å². The largest absolute Gasteiger partial charge is 0.497 e. The Kier molecular flexibility index (Phi) is 5.88. The first kappa shape index (κ1) is 20.2. The van der Waals surface area contributed by atoms with E-state index in [0.29, 0.717) is 18.5 Å². The summed E-state index contributed by atoms with van der Waals surface area (Å²) in [4.78, 5) is 12.7. The smallest absolute Gasteiger partial charge is 0.251 e. The number of amides is 1. The number of hydrogen-bond acceptors (Lipinski definition) is 5. The molecule has 2 atom stereocenters. The van der Waals surface area contributed by atoms with Gasteiger partial charge in [0.2, 0.25) is 0 Å². The lowest BCUT2D eigenvalue weighted by Gasteiger charge is -2.29. The molecule has 6 heteroatoms. The Hall–Kier alpha value is -3.09. The summed E-state index contributed by atoms with van der Waals surface area (Å²) in [6.07, 6.45) is 0.124. The van der Waals surface area contributed by atoms with Crippen molar-refractivity contribution in [2.75, 3.05) is 27.3 Å². The molecule has 0 radical (unpaired) electrons. The van der Waals surface area contributed by atoms with Crippen molar-refractivity contribution in [1.29, 1.82) is 0 Å². The molecule has 6 nitrogen and oxygen atoms in total. The number of carbonyl (C=O) groups excluding carboxylic acids is 1. The van der Waals surface area contributed by atoms with Crippen LogP contribution in [0.15, 0.2) is 54.6 Å². The van der Waals surface area contributed by atoms with Gasteiger partial charge in [0.15, 0.2) is 0 Å². The molecule has 0 saturated carbocycles. The lowest BCUT2D eigenvalue weighted by molar-refractivity contribution is 0.0755. The molecule has 1 aliphatic rings. The van der Waals surface area contributed by atoms with Crippen molar-refractivity contribution in [2.45, 2.75) is 18.6 Å². The van der Waals surface area contributed by atoms with Crippen LogP contribution in [0.4, 0.5) is 0 Å². The van der Waals surface area contributed by atoms with E-state index in [2.05, 4.69) is 16.7 Å². The second-order valence-electron chi connectivity index (χ2n) is 7.52. The average molecular weight is 406 g/mol. The van der Waals surface area contributed by atoms with Crippen molar-refractivity contribution in [1.82, 2.24) is 10.6 Å². The highest BCUT2D eigenvalue weighted by Crippen LogP contribution is 2.31. The molecule has 3 aromatic carbocycles. The van der Waals surface area contributed by atoms with Gasteiger partial charge in [-0.15, -0.1) is 0 Å². The summed E-state index contributed by atoms with van der Waals surface area (Å²) in [5, 5.41) is 18.2. The van der Waals surface area contributed by atoms with Crippen molar-refractivity contribution in [3.63, 3.8) is 0 Å². The van der Waals surface area contributed by atoms with Gasteiger partial charge in [0.25, 0.3) is 5.91 Å². The number of fused-ring (bicyclic) bond motifs is 1. The number of rotatable bonds is 5. The van der Waals surface area contributed by atoms with Crippen LogP contribution in [0.5, 0.6) is 11.5 Å². The van der Waals surface area contributed by atoms with Crippen LogP contribution in [0, 0.1) is 0 Å². The van der Waals surface area contributed by atoms with Gasteiger partial charge in [0, 0.05) is 18.2 Å².